The zero-order chi connectivity index (χ0) is 21.6. The first-order valence-electron chi connectivity index (χ1n) is 9.15. The molecule has 0 aliphatic carbocycles. The van der Waals surface area contributed by atoms with Gasteiger partial charge < -0.3 is 11.1 Å². The van der Waals surface area contributed by atoms with E-state index in [1.54, 1.807) is 42.5 Å². The minimum Gasteiger partial charge on any atom is -0.368 e. The molecule has 0 aliphatic rings. The second kappa shape index (κ2) is 9.34. The van der Waals surface area contributed by atoms with Gasteiger partial charge in [-0.25, -0.2) is 13.1 Å². The third-order valence-corrected chi connectivity index (χ3v) is 5.81. The Balaban J connectivity index is 1.76. The molecule has 1 atom stereocenters. The average molecular weight is 423 g/mol. The summed E-state index contributed by atoms with van der Waals surface area (Å²) in [7, 11) is -3.83. The number of nitrogens with two attached hydrogens (primary N) is 1. The van der Waals surface area contributed by atoms with Gasteiger partial charge in [-0.1, -0.05) is 66.7 Å². The van der Waals surface area contributed by atoms with Gasteiger partial charge in [0.15, 0.2) is 0 Å². The Morgan fingerprint density at radius 2 is 1.50 bits per heavy atom. The van der Waals surface area contributed by atoms with Gasteiger partial charge in [-0.15, -0.1) is 0 Å². The van der Waals surface area contributed by atoms with Gasteiger partial charge in [-0.05, 0) is 29.3 Å². The van der Waals surface area contributed by atoms with E-state index in [9.17, 15) is 18.0 Å². The molecule has 0 heterocycles. The second-order valence-electron chi connectivity index (χ2n) is 6.56. The first-order chi connectivity index (χ1) is 14.4. The lowest BCUT2D eigenvalue weighted by molar-refractivity contribution is -0.120. The van der Waals surface area contributed by atoms with Crippen LogP contribution in [0.3, 0.4) is 0 Å². The number of nitrogens with one attached hydrogen (secondary N) is 2. The third-order valence-electron chi connectivity index (χ3n) is 4.41. The van der Waals surface area contributed by atoms with Crippen molar-refractivity contribution in [2.45, 2.75) is 17.5 Å². The van der Waals surface area contributed by atoms with Gasteiger partial charge in [0, 0.05) is 12.1 Å². The molecule has 3 aromatic carbocycles. The highest BCUT2D eigenvalue weighted by Crippen LogP contribution is 2.16. The summed E-state index contributed by atoms with van der Waals surface area (Å²) in [6.45, 7) is 0.122. The number of primary amides is 1. The summed E-state index contributed by atoms with van der Waals surface area (Å²) >= 11 is 0. The van der Waals surface area contributed by atoms with E-state index in [1.165, 1.54) is 24.3 Å². The molecule has 3 rings (SSSR count). The van der Waals surface area contributed by atoms with Crippen LogP contribution in [0.4, 0.5) is 0 Å². The van der Waals surface area contributed by atoms with Crippen molar-refractivity contribution in [3.05, 3.63) is 102 Å². The van der Waals surface area contributed by atoms with Crippen molar-refractivity contribution in [2.24, 2.45) is 5.73 Å². The third kappa shape index (κ3) is 5.31. The highest BCUT2D eigenvalue weighted by Gasteiger charge is 2.22. The molecular weight excluding hydrogens is 402 g/mol. The van der Waals surface area contributed by atoms with Crippen LogP contribution in [0.1, 0.15) is 27.5 Å². The van der Waals surface area contributed by atoms with Crippen molar-refractivity contribution < 1.29 is 18.0 Å². The van der Waals surface area contributed by atoms with Gasteiger partial charge in [0.05, 0.1) is 4.90 Å². The maximum Gasteiger partial charge on any atom is 0.252 e. The average Bonchev–Trinajstić information content (AvgIpc) is 2.77. The molecule has 0 radical (unpaired) electrons. The van der Waals surface area contributed by atoms with Crippen LogP contribution < -0.4 is 15.8 Å². The summed E-state index contributed by atoms with van der Waals surface area (Å²) in [5, 5.41) is 2.56. The number of hydrogen-bond donors (Lipinski definition) is 3. The summed E-state index contributed by atoms with van der Waals surface area (Å²) in [6, 6.07) is 22.2. The van der Waals surface area contributed by atoms with Gasteiger partial charge in [-0.2, -0.15) is 0 Å². The molecule has 1 unspecified atom stereocenters. The molecule has 0 spiro atoms. The molecule has 0 aromatic heterocycles. The van der Waals surface area contributed by atoms with Crippen molar-refractivity contribution in [1.29, 1.82) is 0 Å². The molecule has 0 saturated heterocycles. The first kappa shape index (κ1) is 21.2. The molecule has 30 heavy (non-hydrogen) atoms. The van der Waals surface area contributed by atoms with Crippen LogP contribution in [0, 0.1) is 0 Å². The second-order valence-corrected chi connectivity index (χ2v) is 8.32. The lowest BCUT2D eigenvalue weighted by atomic mass is 10.1. The van der Waals surface area contributed by atoms with Crippen molar-refractivity contribution in [3.8, 4) is 0 Å². The Morgan fingerprint density at radius 1 is 0.867 bits per heavy atom. The topological polar surface area (TPSA) is 118 Å². The molecule has 7 nitrogen and oxygen atoms in total. The normalized spacial score (nSPS) is 12.1. The van der Waals surface area contributed by atoms with E-state index in [0.717, 1.165) is 5.56 Å². The molecule has 3 aromatic rings. The fourth-order valence-corrected chi connectivity index (χ4v) is 3.90. The number of carbonyl (C=O) groups is 2. The lowest BCUT2D eigenvalue weighted by Gasteiger charge is -2.16. The molecule has 4 N–H and O–H groups in total. The summed E-state index contributed by atoms with van der Waals surface area (Å²) in [5.41, 5.74) is 6.87. The summed E-state index contributed by atoms with van der Waals surface area (Å²) in [6.07, 6.45) is 0. The van der Waals surface area contributed by atoms with E-state index in [2.05, 4.69) is 10.0 Å². The number of sulfonamides is 1. The van der Waals surface area contributed by atoms with E-state index >= 15 is 0 Å². The molecule has 0 bridgehead atoms. The highest BCUT2D eigenvalue weighted by molar-refractivity contribution is 7.89. The molecule has 154 valence electrons. The Morgan fingerprint density at radius 3 is 2.13 bits per heavy atom. The molecule has 0 saturated carbocycles. The van der Waals surface area contributed by atoms with E-state index in [-0.39, 0.29) is 17.0 Å². The minimum absolute atomic E-state index is 0.0542. The van der Waals surface area contributed by atoms with Crippen molar-refractivity contribution in [3.63, 3.8) is 0 Å². The number of carbonyl (C=O) groups excluding carboxylic acids is 2. The van der Waals surface area contributed by atoms with E-state index in [0.29, 0.717) is 5.56 Å². The fourth-order valence-electron chi connectivity index (χ4n) is 2.84. The Hall–Kier alpha value is -3.49. The predicted molar refractivity (Wildman–Crippen MR) is 113 cm³/mol. The zero-order valence-electron chi connectivity index (χ0n) is 16.0. The van der Waals surface area contributed by atoms with Crippen LogP contribution in [0.2, 0.25) is 0 Å². The van der Waals surface area contributed by atoms with Gasteiger partial charge in [0.25, 0.3) is 5.91 Å². The quantitative estimate of drug-likeness (QED) is 0.514. The largest absolute Gasteiger partial charge is 0.368 e. The van der Waals surface area contributed by atoms with E-state index in [4.69, 9.17) is 5.73 Å². The maximum absolute atomic E-state index is 12.7. The smallest absolute Gasteiger partial charge is 0.252 e. The van der Waals surface area contributed by atoms with Crippen molar-refractivity contribution >= 4 is 21.8 Å². The predicted octanol–water partition coefficient (Wildman–Crippen LogP) is 2.12. The zero-order valence-corrected chi connectivity index (χ0v) is 16.8. The van der Waals surface area contributed by atoms with Crippen LogP contribution in [-0.4, -0.2) is 20.2 Å². The highest BCUT2D eigenvalue weighted by atomic mass is 32.2. The SMILES string of the molecule is NC(=O)C(NC(=O)c1cccc(S(=O)(=O)NCc2ccccc2)c1)c1ccccc1. The molecular formula is C22H21N3O4S. The summed E-state index contributed by atoms with van der Waals surface area (Å²) < 4.78 is 27.7. The van der Waals surface area contributed by atoms with Gasteiger partial charge in [0.1, 0.15) is 6.04 Å². The summed E-state index contributed by atoms with van der Waals surface area (Å²) in [4.78, 5) is 24.4. The molecule has 0 aliphatic heterocycles. The van der Waals surface area contributed by atoms with Gasteiger partial charge in [0.2, 0.25) is 15.9 Å². The number of hydrogen-bond acceptors (Lipinski definition) is 4. The maximum atomic E-state index is 12.7. The molecule has 0 fully saturated rings. The lowest BCUT2D eigenvalue weighted by Crippen LogP contribution is -2.37. The summed E-state index contributed by atoms with van der Waals surface area (Å²) in [5.74, 6) is -1.33. The van der Waals surface area contributed by atoms with Crippen molar-refractivity contribution in [1.82, 2.24) is 10.0 Å². The Labute approximate surface area is 175 Å². The minimum atomic E-state index is -3.83. The number of benzene rings is 3. The van der Waals surface area contributed by atoms with Crippen molar-refractivity contribution in [2.75, 3.05) is 0 Å². The molecule has 2 amide bonds. The van der Waals surface area contributed by atoms with Crippen LogP contribution in [0.15, 0.2) is 89.8 Å². The van der Waals surface area contributed by atoms with Crippen LogP contribution in [0.5, 0.6) is 0 Å². The van der Waals surface area contributed by atoms with Gasteiger partial charge >= 0.3 is 0 Å². The number of amides is 2. The monoisotopic (exact) mass is 423 g/mol. The van der Waals surface area contributed by atoms with Gasteiger partial charge in [-0.3, -0.25) is 9.59 Å². The number of rotatable bonds is 8. The van der Waals surface area contributed by atoms with E-state index in [1.807, 2.05) is 18.2 Å². The Kier molecular flexibility index (Phi) is 6.61. The first-order valence-corrected chi connectivity index (χ1v) is 10.6. The van der Waals surface area contributed by atoms with Crippen LogP contribution in [-0.2, 0) is 21.4 Å². The fraction of sp³-hybridized carbons (Fsp3) is 0.0909. The Bertz CT molecular complexity index is 1130. The standard InChI is InChI=1S/C22H21N3O4S/c23-21(26)20(17-10-5-2-6-11-17)25-22(27)18-12-7-13-19(14-18)30(28,29)24-15-16-8-3-1-4-9-16/h1-14,20,24H,15H2,(H2,23,26)(H,25,27). The molecule has 8 heteroatoms. The van der Waals surface area contributed by atoms with Crippen LogP contribution in [0.25, 0.3) is 0 Å². The van der Waals surface area contributed by atoms with Crippen LogP contribution >= 0.6 is 0 Å². The van der Waals surface area contributed by atoms with E-state index < -0.39 is 27.9 Å².